The number of ether oxygens (including phenoxy) is 1. The van der Waals surface area contributed by atoms with Gasteiger partial charge in [0.05, 0.1) is 11.9 Å². The highest BCUT2D eigenvalue weighted by Crippen LogP contribution is 2.07. The van der Waals surface area contributed by atoms with Crippen molar-refractivity contribution in [2.45, 2.75) is 38.8 Å². The smallest absolute Gasteiger partial charge is 0.105 e. The Balaban J connectivity index is 2.28. The van der Waals surface area contributed by atoms with Crippen LogP contribution in [0.3, 0.4) is 0 Å². The molecule has 0 bridgehead atoms. The van der Waals surface area contributed by atoms with Gasteiger partial charge in [-0.05, 0) is 32.9 Å². The lowest BCUT2D eigenvalue weighted by atomic mass is 10.1. The first-order valence-corrected chi connectivity index (χ1v) is 5.34. The highest BCUT2D eigenvalue weighted by Gasteiger charge is 2.17. The second kappa shape index (κ2) is 5.33. The van der Waals surface area contributed by atoms with Crippen molar-refractivity contribution in [3.8, 4) is 0 Å². The zero-order valence-electron chi connectivity index (χ0n) is 10.0. The fraction of sp³-hybridized carbons (Fsp3) is 0.667. The van der Waals surface area contributed by atoms with Crippen molar-refractivity contribution in [1.82, 2.24) is 5.32 Å². The zero-order valence-corrected chi connectivity index (χ0v) is 10.0. The summed E-state index contributed by atoms with van der Waals surface area (Å²) in [6.45, 7) is 7.12. The van der Waals surface area contributed by atoms with Crippen molar-refractivity contribution in [2.24, 2.45) is 0 Å². The standard InChI is InChI=1S/C12H21NO2/c1-10(8-11-6-5-7-15-11)13-9-12(2,3)14-4/h5-7,10,13H,8-9H2,1-4H3. The monoisotopic (exact) mass is 211 g/mol. The topological polar surface area (TPSA) is 34.4 Å². The van der Waals surface area contributed by atoms with E-state index in [1.807, 2.05) is 12.1 Å². The largest absolute Gasteiger partial charge is 0.469 e. The van der Waals surface area contributed by atoms with E-state index in [4.69, 9.17) is 9.15 Å². The maximum absolute atomic E-state index is 5.34. The van der Waals surface area contributed by atoms with Crippen LogP contribution in [0.5, 0.6) is 0 Å². The summed E-state index contributed by atoms with van der Waals surface area (Å²) in [7, 11) is 1.73. The third kappa shape index (κ3) is 4.49. The highest BCUT2D eigenvalue weighted by molar-refractivity contribution is 5.00. The molecular formula is C12H21NO2. The number of hydrogen-bond acceptors (Lipinski definition) is 3. The van der Waals surface area contributed by atoms with Crippen LogP contribution in [0.15, 0.2) is 22.8 Å². The summed E-state index contributed by atoms with van der Waals surface area (Å²) in [6.07, 6.45) is 2.62. The van der Waals surface area contributed by atoms with Crippen LogP contribution in [0.2, 0.25) is 0 Å². The van der Waals surface area contributed by atoms with Crippen molar-refractivity contribution >= 4 is 0 Å². The van der Waals surface area contributed by atoms with Crippen LogP contribution in [0.1, 0.15) is 26.5 Å². The normalized spacial score (nSPS) is 14.1. The van der Waals surface area contributed by atoms with Gasteiger partial charge >= 0.3 is 0 Å². The molecule has 0 saturated carbocycles. The molecule has 15 heavy (non-hydrogen) atoms. The molecule has 0 aliphatic carbocycles. The lowest BCUT2D eigenvalue weighted by Crippen LogP contribution is -2.41. The van der Waals surface area contributed by atoms with Crippen molar-refractivity contribution in [1.29, 1.82) is 0 Å². The number of rotatable bonds is 6. The predicted octanol–water partition coefficient (Wildman–Crippen LogP) is 2.23. The van der Waals surface area contributed by atoms with Gasteiger partial charge in [0.1, 0.15) is 5.76 Å². The summed E-state index contributed by atoms with van der Waals surface area (Å²) in [5.74, 6) is 1.02. The van der Waals surface area contributed by atoms with E-state index in [1.54, 1.807) is 13.4 Å². The molecule has 3 heteroatoms. The van der Waals surface area contributed by atoms with Crippen molar-refractivity contribution < 1.29 is 9.15 Å². The molecule has 0 saturated heterocycles. The van der Waals surface area contributed by atoms with E-state index in [0.717, 1.165) is 18.7 Å². The Hall–Kier alpha value is -0.800. The third-order valence-electron chi connectivity index (χ3n) is 2.52. The van der Waals surface area contributed by atoms with Gasteiger partial charge in [-0.15, -0.1) is 0 Å². The molecule has 1 atom stereocenters. The Morgan fingerprint density at radius 3 is 2.80 bits per heavy atom. The summed E-state index contributed by atoms with van der Waals surface area (Å²) in [6, 6.07) is 4.31. The Kier molecular flexibility index (Phi) is 4.36. The van der Waals surface area contributed by atoms with Crippen LogP contribution in [0.25, 0.3) is 0 Å². The molecule has 0 spiro atoms. The fourth-order valence-corrected chi connectivity index (χ4v) is 1.29. The maximum Gasteiger partial charge on any atom is 0.105 e. The summed E-state index contributed by atoms with van der Waals surface area (Å²) < 4.78 is 10.6. The second-order valence-corrected chi connectivity index (χ2v) is 4.53. The van der Waals surface area contributed by atoms with Gasteiger partial charge in [-0.3, -0.25) is 0 Å². The molecule has 1 aromatic heterocycles. The minimum Gasteiger partial charge on any atom is -0.469 e. The first-order chi connectivity index (χ1) is 7.03. The lowest BCUT2D eigenvalue weighted by molar-refractivity contribution is 0.0213. The van der Waals surface area contributed by atoms with E-state index in [2.05, 4.69) is 26.1 Å². The first-order valence-electron chi connectivity index (χ1n) is 5.34. The second-order valence-electron chi connectivity index (χ2n) is 4.53. The summed E-state index contributed by atoms with van der Waals surface area (Å²) in [5.41, 5.74) is -0.114. The molecule has 1 rings (SSSR count). The van der Waals surface area contributed by atoms with Crippen LogP contribution in [0.4, 0.5) is 0 Å². The van der Waals surface area contributed by atoms with E-state index in [-0.39, 0.29) is 5.60 Å². The summed E-state index contributed by atoms with van der Waals surface area (Å²) in [4.78, 5) is 0. The predicted molar refractivity (Wildman–Crippen MR) is 61.0 cm³/mol. The Morgan fingerprint density at radius 1 is 1.53 bits per heavy atom. The fourth-order valence-electron chi connectivity index (χ4n) is 1.29. The van der Waals surface area contributed by atoms with Crippen LogP contribution >= 0.6 is 0 Å². The molecule has 1 heterocycles. The molecule has 0 aliphatic heterocycles. The molecular weight excluding hydrogens is 190 g/mol. The van der Waals surface area contributed by atoms with E-state index in [1.165, 1.54) is 0 Å². The van der Waals surface area contributed by atoms with Crippen molar-refractivity contribution in [3.05, 3.63) is 24.2 Å². The Labute approximate surface area is 91.8 Å². The van der Waals surface area contributed by atoms with Gasteiger partial charge in [-0.25, -0.2) is 0 Å². The van der Waals surface area contributed by atoms with Gasteiger partial charge in [-0.1, -0.05) is 0 Å². The van der Waals surface area contributed by atoms with Crippen LogP contribution in [-0.4, -0.2) is 25.3 Å². The average Bonchev–Trinajstić information content (AvgIpc) is 2.68. The molecule has 0 radical (unpaired) electrons. The lowest BCUT2D eigenvalue weighted by Gasteiger charge is -2.25. The van der Waals surface area contributed by atoms with Gasteiger partial charge in [0.2, 0.25) is 0 Å². The average molecular weight is 211 g/mol. The molecule has 1 N–H and O–H groups in total. The van der Waals surface area contributed by atoms with E-state index < -0.39 is 0 Å². The zero-order chi connectivity index (χ0) is 11.3. The SMILES string of the molecule is COC(C)(C)CNC(C)Cc1ccco1. The molecule has 1 aromatic rings. The number of hydrogen-bond donors (Lipinski definition) is 1. The van der Waals surface area contributed by atoms with Gasteiger partial charge in [0, 0.05) is 26.1 Å². The maximum atomic E-state index is 5.34. The molecule has 3 nitrogen and oxygen atoms in total. The molecule has 0 fully saturated rings. The van der Waals surface area contributed by atoms with E-state index in [9.17, 15) is 0 Å². The van der Waals surface area contributed by atoms with E-state index in [0.29, 0.717) is 6.04 Å². The first kappa shape index (κ1) is 12.3. The van der Waals surface area contributed by atoms with Gasteiger partial charge in [0.25, 0.3) is 0 Å². The molecule has 0 aromatic carbocycles. The van der Waals surface area contributed by atoms with Crippen molar-refractivity contribution in [3.63, 3.8) is 0 Å². The number of nitrogens with one attached hydrogen (secondary N) is 1. The summed E-state index contributed by atoms with van der Waals surface area (Å²) >= 11 is 0. The molecule has 0 amide bonds. The highest BCUT2D eigenvalue weighted by atomic mass is 16.5. The Morgan fingerprint density at radius 2 is 2.27 bits per heavy atom. The quantitative estimate of drug-likeness (QED) is 0.783. The summed E-state index contributed by atoms with van der Waals surface area (Å²) in [5, 5.41) is 3.43. The minimum absolute atomic E-state index is 0.114. The number of furan rings is 1. The van der Waals surface area contributed by atoms with E-state index >= 15 is 0 Å². The third-order valence-corrected chi connectivity index (χ3v) is 2.52. The molecule has 1 unspecified atom stereocenters. The Bertz CT molecular complexity index is 267. The van der Waals surface area contributed by atoms with Crippen LogP contribution in [0, 0.1) is 0 Å². The van der Waals surface area contributed by atoms with Gasteiger partial charge in [-0.2, -0.15) is 0 Å². The molecule has 86 valence electrons. The molecule has 0 aliphatic rings. The van der Waals surface area contributed by atoms with Gasteiger partial charge in [0.15, 0.2) is 0 Å². The van der Waals surface area contributed by atoms with Crippen LogP contribution in [-0.2, 0) is 11.2 Å². The van der Waals surface area contributed by atoms with Gasteiger partial charge < -0.3 is 14.5 Å². The van der Waals surface area contributed by atoms with Crippen molar-refractivity contribution in [2.75, 3.05) is 13.7 Å². The minimum atomic E-state index is -0.114. The van der Waals surface area contributed by atoms with Crippen LogP contribution < -0.4 is 5.32 Å². The number of methoxy groups -OCH3 is 1.